The van der Waals surface area contributed by atoms with Crippen LogP contribution in [0.2, 0.25) is 5.02 Å². The molecule has 2 amide bonds. The van der Waals surface area contributed by atoms with Gasteiger partial charge in [-0.15, -0.1) is 11.3 Å². The number of carbonyl (C=O) groups is 2. The van der Waals surface area contributed by atoms with E-state index >= 15 is 0 Å². The number of hydrogen-bond acceptors (Lipinski definition) is 5. The van der Waals surface area contributed by atoms with Crippen LogP contribution in [0.4, 0.5) is 0 Å². The van der Waals surface area contributed by atoms with E-state index < -0.39 is 0 Å². The molecule has 2 unspecified atom stereocenters. The predicted octanol–water partition coefficient (Wildman–Crippen LogP) is 4.18. The molecule has 1 saturated carbocycles. The molecule has 0 saturated heterocycles. The Hall–Kier alpha value is -3.49. The van der Waals surface area contributed by atoms with Gasteiger partial charge in [-0.2, -0.15) is 0 Å². The zero-order valence-electron chi connectivity index (χ0n) is 18.0. The molecule has 4 aromatic rings. The van der Waals surface area contributed by atoms with Crippen LogP contribution in [-0.4, -0.2) is 33.4 Å². The van der Waals surface area contributed by atoms with E-state index in [1.165, 1.54) is 22.0 Å². The minimum Gasteiger partial charge on any atom is -0.347 e. The van der Waals surface area contributed by atoms with Gasteiger partial charge in [-0.05, 0) is 61.7 Å². The highest BCUT2D eigenvalue weighted by molar-refractivity contribution is 7.20. The van der Waals surface area contributed by atoms with Crippen molar-refractivity contribution in [3.63, 3.8) is 0 Å². The van der Waals surface area contributed by atoms with Crippen molar-refractivity contribution in [1.82, 2.24) is 20.2 Å². The van der Waals surface area contributed by atoms with Crippen LogP contribution in [0.25, 0.3) is 15.9 Å². The molecule has 0 bridgehead atoms. The highest BCUT2D eigenvalue weighted by Crippen LogP contribution is 2.27. The summed E-state index contributed by atoms with van der Waals surface area (Å²) in [6.07, 6.45) is 5.74. The first-order valence-corrected chi connectivity index (χ1v) is 12.1. The second-order valence-electron chi connectivity index (χ2n) is 8.21. The maximum absolute atomic E-state index is 12.9. The van der Waals surface area contributed by atoms with Crippen LogP contribution in [0, 0.1) is 0 Å². The summed E-state index contributed by atoms with van der Waals surface area (Å²) in [4.78, 5) is 43.3. The average Bonchev–Trinajstić information content (AvgIpc) is 3.46. The van der Waals surface area contributed by atoms with Crippen molar-refractivity contribution in [3.8, 4) is 5.69 Å². The SMILES string of the molecule is O=C(NC1CCCC1NC(=O)c1cc2cc(Cl)cnc2s1)c1ccc(-n2ccccc2=O)cc1. The summed E-state index contributed by atoms with van der Waals surface area (Å²) >= 11 is 7.31. The number of nitrogens with one attached hydrogen (secondary N) is 2. The fourth-order valence-electron chi connectivity index (χ4n) is 4.23. The molecule has 172 valence electrons. The van der Waals surface area contributed by atoms with Crippen molar-refractivity contribution in [2.45, 2.75) is 31.3 Å². The Morgan fingerprint density at radius 1 is 1.00 bits per heavy atom. The molecule has 5 rings (SSSR count). The van der Waals surface area contributed by atoms with E-state index in [4.69, 9.17) is 11.6 Å². The third-order valence-corrected chi connectivity index (χ3v) is 7.21. The van der Waals surface area contributed by atoms with Crippen molar-refractivity contribution in [1.29, 1.82) is 0 Å². The summed E-state index contributed by atoms with van der Waals surface area (Å²) in [6, 6.07) is 15.1. The second-order valence-corrected chi connectivity index (χ2v) is 9.67. The number of thiophene rings is 1. The topological polar surface area (TPSA) is 93.1 Å². The van der Waals surface area contributed by atoms with E-state index in [-0.39, 0.29) is 29.5 Å². The molecule has 3 aromatic heterocycles. The van der Waals surface area contributed by atoms with Crippen LogP contribution in [-0.2, 0) is 0 Å². The molecule has 1 aliphatic rings. The zero-order chi connectivity index (χ0) is 23.7. The number of nitrogens with zero attached hydrogens (tertiary/aromatic N) is 2. The lowest BCUT2D eigenvalue weighted by atomic mass is 10.1. The van der Waals surface area contributed by atoms with Crippen molar-refractivity contribution >= 4 is 45.0 Å². The van der Waals surface area contributed by atoms with Gasteiger partial charge < -0.3 is 10.6 Å². The van der Waals surface area contributed by atoms with Gasteiger partial charge in [-0.3, -0.25) is 19.0 Å². The molecule has 0 radical (unpaired) electrons. The first-order valence-electron chi connectivity index (χ1n) is 10.9. The number of amides is 2. The minimum absolute atomic E-state index is 0.137. The van der Waals surface area contributed by atoms with E-state index in [1.54, 1.807) is 60.9 Å². The number of rotatable bonds is 5. The second kappa shape index (κ2) is 9.40. The van der Waals surface area contributed by atoms with E-state index in [9.17, 15) is 14.4 Å². The van der Waals surface area contributed by atoms with Crippen molar-refractivity contribution in [2.75, 3.05) is 0 Å². The Bertz CT molecular complexity index is 1430. The molecule has 2 N–H and O–H groups in total. The summed E-state index contributed by atoms with van der Waals surface area (Å²) in [5.74, 6) is -0.387. The first kappa shape index (κ1) is 22.3. The number of aromatic nitrogens is 2. The Morgan fingerprint density at radius 3 is 2.47 bits per heavy atom. The number of hydrogen-bond donors (Lipinski definition) is 2. The fraction of sp³-hybridized carbons (Fsp3) is 0.200. The van der Waals surface area contributed by atoms with Gasteiger partial charge in [0.15, 0.2) is 0 Å². The quantitative estimate of drug-likeness (QED) is 0.437. The molecule has 9 heteroatoms. The molecular formula is C25H21ClN4O3S. The van der Waals surface area contributed by atoms with Crippen molar-refractivity contribution < 1.29 is 9.59 Å². The van der Waals surface area contributed by atoms with Crippen LogP contribution in [0.3, 0.4) is 0 Å². The standard InChI is InChI=1S/C25H21ClN4O3S/c26-17-12-16-13-21(34-25(16)27-14-17)24(33)29-20-5-3-4-19(20)28-23(32)15-7-9-18(10-8-15)30-11-2-1-6-22(30)31/h1-2,6-14,19-20H,3-5H2,(H,28,32)(H,29,33). The molecule has 2 atom stereocenters. The molecule has 0 aliphatic heterocycles. The van der Waals surface area contributed by atoms with Crippen LogP contribution in [0.5, 0.6) is 0 Å². The Balaban J connectivity index is 1.25. The van der Waals surface area contributed by atoms with Gasteiger partial charge in [0, 0.05) is 47.2 Å². The number of carbonyl (C=O) groups excluding carboxylic acids is 2. The van der Waals surface area contributed by atoms with E-state index in [1.807, 2.05) is 0 Å². The molecule has 34 heavy (non-hydrogen) atoms. The molecule has 1 aliphatic carbocycles. The third-order valence-electron chi connectivity index (χ3n) is 5.94. The summed E-state index contributed by atoms with van der Waals surface area (Å²) in [5.41, 5.74) is 1.05. The predicted molar refractivity (Wildman–Crippen MR) is 133 cm³/mol. The summed E-state index contributed by atoms with van der Waals surface area (Å²) in [7, 11) is 0. The van der Waals surface area contributed by atoms with Gasteiger partial charge in [0.1, 0.15) is 4.83 Å². The lowest BCUT2D eigenvalue weighted by molar-refractivity contribution is 0.0894. The summed E-state index contributed by atoms with van der Waals surface area (Å²) in [5, 5.41) is 7.49. The minimum atomic E-state index is -0.209. The number of fused-ring (bicyclic) bond motifs is 1. The largest absolute Gasteiger partial charge is 0.347 e. The monoisotopic (exact) mass is 492 g/mol. The molecule has 1 aromatic carbocycles. The molecule has 3 heterocycles. The summed E-state index contributed by atoms with van der Waals surface area (Å²) < 4.78 is 1.52. The highest BCUT2D eigenvalue weighted by Gasteiger charge is 2.30. The van der Waals surface area contributed by atoms with Crippen LogP contribution in [0.15, 0.2) is 71.8 Å². The molecule has 1 fully saturated rings. The Morgan fingerprint density at radius 2 is 1.74 bits per heavy atom. The smallest absolute Gasteiger partial charge is 0.261 e. The number of halogens is 1. The summed E-state index contributed by atoms with van der Waals surface area (Å²) in [6.45, 7) is 0. The maximum atomic E-state index is 12.9. The van der Waals surface area contributed by atoms with Crippen molar-refractivity contribution in [3.05, 3.63) is 92.8 Å². The van der Waals surface area contributed by atoms with E-state index in [0.29, 0.717) is 21.2 Å². The van der Waals surface area contributed by atoms with Crippen LogP contribution in [0.1, 0.15) is 39.3 Å². The fourth-order valence-corrected chi connectivity index (χ4v) is 5.28. The van der Waals surface area contributed by atoms with Crippen LogP contribution >= 0.6 is 22.9 Å². The van der Waals surface area contributed by atoms with Gasteiger partial charge in [0.2, 0.25) is 0 Å². The van der Waals surface area contributed by atoms with E-state index in [0.717, 1.165) is 29.5 Å². The lowest BCUT2D eigenvalue weighted by Gasteiger charge is -2.22. The van der Waals surface area contributed by atoms with E-state index in [2.05, 4.69) is 15.6 Å². The van der Waals surface area contributed by atoms with Gasteiger partial charge in [-0.1, -0.05) is 17.7 Å². The van der Waals surface area contributed by atoms with Gasteiger partial charge in [-0.25, -0.2) is 4.98 Å². The Kier molecular flexibility index (Phi) is 6.17. The maximum Gasteiger partial charge on any atom is 0.261 e. The van der Waals surface area contributed by atoms with Gasteiger partial charge in [0.05, 0.1) is 9.90 Å². The number of pyridine rings is 2. The molecular weight excluding hydrogens is 472 g/mol. The van der Waals surface area contributed by atoms with Crippen LogP contribution < -0.4 is 16.2 Å². The third kappa shape index (κ3) is 4.60. The van der Waals surface area contributed by atoms with Crippen molar-refractivity contribution in [2.24, 2.45) is 0 Å². The van der Waals surface area contributed by atoms with Gasteiger partial charge >= 0.3 is 0 Å². The lowest BCUT2D eigenvalue weighted by Crippen LogP contribution is -2.48. The Labute approximate surface area is 204 Å². The zero-order valence-corrected chi connectivity index (χ0v) is 19.6. The molecule has 7 nitrogen and oxygen atoms in total. The molecule has 0 spiro atoms. The first-order chi connectivity index (χ1) is 16.5. The normalized spacial score (nSPS) is 17.6. The number of benzene rings is 1. The van der Waals surface area contributed by atoms with Gasteiger partial charge in [0.25, 0.3) is 17.4 Å². The average molecular weight is 493 g/mol. The highest BCUT2D eigenvalue weighted by atomic mass is 35.5.